The minimum absolute atomic E-state index is 0.00433. The molecule has 0 unspecified atom stereocenters. The van der Waals surface area contributed by atoms with Crippen LogP contribution in [0.15, 0.2) is 156 Å². The minimum Gasteiger partial charge on any atom is -0.456 e. The van der Waals surface area contributed by atoms with Crippen molar-refractivity contribution in [1.82, 2.24) is 15.0 Å². The molecule has 0 amide bonds. The fourth-order valence-electron chi connectivity index (χ4n) is 6.05. The van der Waals surface area contributed by atoms with Crippen LogP contribution in [0.3, 0.4) is 0 Å². The number of hydrogen-bond acceptors (Lipinski definition) is 4. The zero-order chi connectivity index (χ0) is 35.8. The first-order valence-electron chi connectivity index (χ1n) is 18.0. The molecule has 7 aromatic carbocycles. The summed E-state index contributed by atoms with van der Waals surface area (Å²) in [4.78, 5) is 14.7. The summed E-state index contributed by atoms with van der Waals surface area (Å²) in [5, 5.41) is 4.17. The van der Waals surface area contributed by atoms with Crippen LogP contribution in [0.2, 0.25) is 0 Å². The van der Waals surface area contributed by atoms with Crippen LogP contribution in [0.5, 0.6) is 0 Å². The van der Waals surface area contributed by atoms with Gasteiger partial charge in [-0.05, 0) is 44.8 Å². The molecule has 4 nitrogen and oxygen atoms in total. The van der Waals surface area contributed by atoms with Gasteiger partial charge in [-0.25, -0.2) is 15.0 Å². The van der Waals surface area contributed by atoms with Gasteiger partial charge in [-0.3, -0.25) is 0 Å². The standard InChI is InChI=1S/C41H25N3O/c1-2-13-27(14-3-1)39-42-40(44-41(43-39)35-23-11-25-37-38(35)34-17-6-7-24-36(34)45-37)33-22-10-20-31-30(19-9-21-32(31)33)29-18-8-15-26-12-4-5-16-28(26)29/h1-25H/i6D,7D,11D,17D,23D,24D,25D. The lowest BCUT2D eigenvalue weighted by Crippen LogP contribution is -2.01. The lowest BCUT2D eigenvalue weighted by atomic mass is 9.92. The van der Waals surface area contributed by atoms with Gasteiger partial charge < -0.3 is 4.42 Å². The van der Waals surface area contributed by atoms with Crippen LogP contribution >= 0.6 is 0 Å². The van der Waals surface area contributed by atoms with Crippen LogP contribution in [0.1, 0.15) is 9.60 Å². The van der Waals surface area contributed by atoms with Crippen LogP contribution in [-0.4, -0.2) is 15.0 Å². The third kappa shape index (κ3) is 4.19. The number of aromatic nitrogens is 3. The van der Waals surface area contributed by atoms with Crippen molar-refractivity contribution < 1.29 is 14.0 Å². The molecule has 0 fully saturated rings. The molecule has 2 aromatic heterocycles. The summed E-state index contributed by atoms with van der Waals surface area (Å²) in [7, 11) is 0. The molecule has 0 bridgehead atoms. The van der Waals surface area contributed by atoms with Gasteiger partial charge in [0, 0.05) is 27.5 Å². The summed E-state index contributed by atoms with van der Waals surface area (Å²) >= 11 is 0. The van der Waals surface area contributed by atoms with Gasteiger partial charge in [0.2, 0.25) is 0 Å². The largest absolute Gasteiger partial charge is 0.456 e. The van der Waals surface area contributed by atoms with E-state index in [9.17, 15) is 0 Å². The Labute approximate surface area is 269 Å². The van der Waals surface area contributed by atoms with E-state index in [1.807, 2.05) is 72.8 Å². The molecular weight excluding hydrogens is 550 g/mol. The number of nitrogens with zero attached hydrogens (tertiary/aromatic N) is 3. The molecule has 0 spiro atoms. The lowest BCUT2D eigenvalue weighted by molar-refractivity contribution is 0.669. The summed E-state index contributed by atoms with van der Waals surface area (Å²) < 4.78 is 66.4. The highest BCUT2D eigenvalue weighted by Gasteiger charge is 2.19. The number of furan rings is 1. The maximum atomic E-state index is 9.12. The third-order valence-corrected chi connectivity index (χ3v) is 8.08. The van der Waals surface area contributed by atoms with Crippen molar-refractivity contribution in [1.29, 1.82) is 0 Å². The first-order valence-corrected chi connectivity index (χ1v) is 14.5. The van der Waals surface area contributed by atoms with Gasteiger partial charge in [0.05, 0.1) is 9.60 Å². The number of rotatable bonds is 4. The quantitative estimate of drug-likeness (QED) is 0.207. The first-order chi connectivity index (χ1) is 25.2. The van der Waals surface area contributed by atoms with Gasteiger partial charge in [-0.15, -0.1) is 0 Å². The Bertz CT molecular complexity index is 2940. The highest BCUT2D eigenvalue weighted by atomic mass is 16.3. The van der Waals surface area contributed by atoms with Gasteiger partial charge in [-0.1, -0.05) is 139 Å². The number of para-hydroxylation sites is 1. The van der Waals surface area contributed by atoms with E-state index in [4.69, 9.17) is 29.0 Å². The third-order valence-electron chi connectivity index (χ3n) is 8.08. The Morgan fingerprint density at radius 2 is 1.02 bits per heavy atom. The van der Waals surface area contributed by atoms with Gasteiger partial charge >= 0.3 is 0 Å². The zero-order valence-electron chi connectivity index (χ0n) is 30.6. The molecule has 0 aliphatic heterocycles. The second kappa shape index (κ2) is 10.2. The van der Waals surface area contributed by atoms with Crippen molar-refractivity contribution in [2.45, 2.75) is 0 Å². The summed E-state index contributed by atoms with van der Waals surface area (Å²) in [5.74, 6) is 0.601. The van der Waals surface area contributed by atoms with E-state index in [-0.39, 0.29) is 45.4 Å². The molecule has 0 N–H and O–H groups in total. The molecule has 0 saturated carbocycles. The highest BCUT2D eigenvalue weighted by molar-refractivity contribution is 6.12. The smallest absolute Gasteiger partial charge is 0.164 e. The molecule has 0 saturated heterocycles. The molecule has 9 rings (SSSR count). The molecule has 4 heteroatoms. The number of hydrogen-bond donors (Lipinski definition) is 0. The van der Waals surface area contributed by atoms with Crippen LogP contribution in [0.4, 0.5) is 0 Å². The van der Waals surface area contributed by atoms with Crippen molar-refractivity contribution in [2.24, 2.45) is 0 Å². The average molecular weight is 583 g/mol. The van der Waals surface area contributed by atoms with Crippen molar-refractivity contribution in [2.75, 3.05) is 0 Å². The summed E-state index contributed by atoms with van der Waals surface area (Å²) in [6, 6.07) is 32.8. The van der Waals surface area contributed by atoms with E-state index < -0.39 is 30.2 Å². The topological polar surface area (TPSA) is 51.8 Å². The van der Waals surface area contributed by atoms with Gasteiger partial charge in [-0.2, -0.15) is 0 Å². The molecule has 0 radical (unpaired) electrons. The average Bonchev–Trinajstić information content (AvgIpc) is 3.58. The molecule has 2 heterocycles. The minimum atomic E-state index is -0.491. The van der Waals surface area contributed by atoms with Crippen molar-refractivity contribution >= 4 is 43.5 Å². The highest BCUT2D eigenvalue weighted by Crippen LogP contribution is 2.39. The summed E-state index contributed by atoms with van der Waals surface area (Å²) in [6.07, 6.45) is 0. The maximum absolute atomic E-state index is 9.12. The van der Waals surface area contributed by atoms with Gasteiger partial charge in [0.15, 0.2) is 17.5 Å². The Morgan fingerprint density at radius 1 is 0.422 bits per heavy atom. The molecule has 0 aliphatic carbocycles. The first kappa shape index (κ1) is 19.2. The van der Waals surface area contributed by atoms with Crippen molar-refractivity contribution in [3.05, 3.63) is 151 Å². The Hall–Kier alpha value is -6.13. The molecule has 9 aromatic rings. The lowest BCUT2D eigenvalue weighted by Gasteiger charge is -2.14. The second-order valence-corrected chi connectivity index (χ2v) is 10.7. The monoisotopic (exact) mass is 582 g/mol. The van der Waals surface area contributed by atoms with Gasteiger partial charge in [0.25, 0.3) is 0 Å². The molecule has 0 aliphatic rings. The predicted molar refractivity (Wildman–Crippen MR) is 184 cm³/mol. The van der Waals surface area contributed by atoms with Crippen LogP contribution < -0.4 is 0 Å². The molecular formula is C41H25N3O. The van der Waals surface area contributed by atoms with Crippen molar-refractivity contribution in [3.8, 4) is 45.3 Å². The van der Waals surface area contributed by atoms with E-state index in [1.165, 1.54) is 0 Å². The molecule has 210 valence electrons. The maximum Gasteiger partial charge on any atom is 0.164 e. The Kier molecular flexibility index (Phi) is 4.38. The van der Waals surface area contributed by atoms with Gasteiger partial charge in [0.1, 0.15) is 11.2 Å². The van der Waals surface area contributed by atoms with E-state index in [0.717, 1.165) is 32.7 Å². The van der Waals surface area contributed by atoms with E-state index in [0.29, 0.717) is 22.8 Å². The summed E-state index contributed by atoms with van der Waals surface area (Å²) in [5.41, 5.74) is 3.18. The molecule has 0 atom stereocenters. The normalized spacial score (nSPS) is 13.7. The van der Waals surface area contributed by atoms with Crippen LogP contribution in [0, 0.1) is 0 Å². The van der Waals surface area contributed by atoms with E-state index in [2.05, 4.69) is 36.4 Å². The van der Waals surface area contributed by atoms with Crippen LogP contribution in [-0.2, 0) is 0 Å². The zero-order valence-corrected chi connectivity index (χ0v) is 23.6. The van der Waals surface area contributed by atoms with Crippen LogP contribution in [0.25, 0.3) is 88.8 Å². The fraction of sp³-hybridized carbons (Fsp3) is 0. The van der Waals surface area contributed by atoms with E-state index >= 15 is 0 Å². The summed E-state index contributed by atoms with van der Waals surface area (Å²) in [6.45, 7) is 0. The Morgan fingerprint density at radius 3 is 1.89 bits per heavy atom. The fourth-order valence-corrected chi connectivity index (χ4v) is 6.05. The van der Waals surface area contributed by atoms with Crippen molar-refractivity contribution in [3.63, 3.8) is 0 Å². The van der Waals surface area contributed by atoms with E-state index in [1.54, 1.807) is 0 Å². The Balaban J connectivity index is 1.37. The SMILES string of the molecule is [2H]c1c([2H])c([2H])c2c(oc3c([2H])c([2H])c([2H])c(-c4nc(-c5ccccc5)nc(-c5cccc6c(-c7cccc8ccccc78)cccc56)n4)c32)c1[2H]. The second-order valence-electron chi connectivity index (χ2n) is 10.7. The molecule has 45 heavy (non-hydrogen) atoms. The number of fused-ring (bicyclic) bond motifs is 5. The number of benzene rings is 7. The predicted octanol–water partition coefficient (Wildman–Crippen LogP) is 10.7.